The minimum absolute atomic E-state index is 0.0585. The van der Waals surface area contributed by atoms with Crippen LogP contribution in [0.25, 0.3) is 0 Å². The van der Waals surface area contributed by atoms with E-state index in [1.807, 2.05) is 23.1 Å². The van der Waals surface area contributed by atoms with Crippen LogP contribution in [0.1, 0.15) is 12.8 Å². The second-order valence-electron chi connectivity index (χ2n) is 5.53. The van der Waals surface area contributed by atoms with Crippen LogP contribution >= 0.6 is 12.2 Å². The SMILES string of the molecule is O=C(NC(=S)N1CCN(c2ccccc2O)CC1)C1CC1. The molecule has 2 fully saturated rings. The maximum Gasteiger partial charge on any atom is 0.229 e. The third-order valence-corrected chi connectivity index (χ3v) is 4.33. The standard InChI is InChI=1S/C15H19N3O2S/c19-13-4-2-1-3-12(13)17-7-9-18(10-8-17)15(21)16-14(20)11-5-6-11/h1-4,11,19H,5-10H2,(H,16,20,21). The third-order valence-electron chi connectivity index (χ3n) is 3.97. The van der Waals surface area contributed by atoms with Gasteiger partial charge < -0.3 is 20.2 Å². The highest BCUT2D eigenvalue weighted by Crippen LogP contribution is 2.29. The van der Waals surface area contributed by atoms with Crippen molar-refractivity contribution < 1.29 is 9.90 Å². The Hall–Kier alpha value is -1.82. The molecule has 6 heteroatoms. The number of amides is 1. The van der Waals surface area contributed by atoms with Gasteiger partial charge >= 0.3 is 0 Å². The zero-order valence-corrected chi connectivity index (χ0v) is 12.6. The van der Waals surface area contributed by atoms with Gasteiger partial charge in [0.15, 0.2) is 5.11 Å². The molecule has 3 rings (SSSR count). The highest BCUT2D eigenvalue weighted by Gasteiger charge is 2.31. The van der Waals surface area contributed by atoms with E-state index in [1.165, 1.54) is 0 Å². The molecular formula is C15H19N3O2S. The molecule has 2 N–H and O–H groups in total. The maximum absolute atomic E-state index is 11.7. The number of thiocarbonyl (C=S) groups is 1. The minimum Gasteiger partial charge on any atom is -0.506 e. The van der Waals surface area contributed by atoms with E-state index in [0.717, 1.165) is 44.7 Å². The van der Waals surface area contributed by atoms with E-state index in [4.69, 9.17) is 12.2 Å². The van der Waals surface area contributed by atoms with Crippen LogP contribution < -0.4 is 10.2 Å². The molecule has 0 radical (unpaired) electrons. The van der Waals surface area contributed by atoms with Crippen LogP contribution in [0.4, 0.5) is 5.69 Å². The molecule has 0 spiro atoms. The Bertz CT molecular complexity index is 552. The van der Waals surface area contributed by atoms with E-state index in [2.05, 4.69) is 10.2 Å². The largest absolute Gasteiger partial charge is 0.506 e. The molecule has 1 aliphatic heterocycles. The summed E-state index contributed by atoms with van der Waals surface area (Å²) in [7, 11) is 0. The minimum atomic E-state index is 0.0585. The van der Waals surface area contributed by atoms with Crippen LogP contribution in [0.3, 0.4) is 0 Å². The van der Waals surface area contributed by atoms with Gasteiger partial charge in [-0.15, -0.1) is 0 Å². The summed E-state index contributed by atoms with van der Waals surface area (Å²) in [4.78, 5) is 15.9. The fraction of sp³-hybridized carbons (Fsp3) is 0.467. The van der Waals surface area contributed by atoms with Crippen molar-refractivity contribution in [2.45, 2.75) is 12.8 Å². The number of carbonyl (C=O) groups excluding carboxylic acids is 1. The summed E-state index contributed by atoms with van der Waals surface area (Å²) >= 11 is 5.30. The quantitative estimate of drug-likeness (QED) is 0.807. The van der Waals surface area contributed by atoms with E-state index in [-0.39, 0.29) is 11.8 Å². The average Bonchev–Trinajstić information content (AvgIpc) is 3.32. The first-order chi connectivity index (χ1) is 10.1. The Kier molecular flexibility index (Phi) is 3.96. The van der Waals surface area contributed by atoms with Gasteiger partial charge in [-0.05, 0) is 37.2 Å². The number of nitrogens with zero attached hydrogens (tertiary/aromatic N) is 2. The van der Waals surface area contributed by atoms with E-state index < -0.39 is 0 Å². The van der Waals surface area contributed by atoms with Gasteiger partial charge in [0.2, 0.25) is 5.91 Å². The smallest absolute Gasteiger partial charge is 0.229 e. The molecule has 2 aliphatic rings. The number of hydrogen-bond donors (Lipinski definition) is 2. The van der Waals surface area contributed by atoms with E-state index >= 15 is 0 Å². The van der Waals surface area contributed by atoms with Crippen molar-refractivity contribution in [1.82, 2.24) is 10.2 Å². The molecule has 21 heavy (non-hydrogen) atoms. The van der Waals surface area contributed by atoms with E-state index in [0.29, 0.717) is 10.9 Å². The molecular weight excluding hydrogens is 286 g/mol. The molecule has 1 heterocycles. The number of carbonyl (C=O) groups is 1. The lowest BCUT2D eigenvalue weighted by Gasteiger charge is -2.37. The van der Waals surface area contributed by atoms with Crippen molar-refractivity contribution >= 4 is 28.9 Å². The fourth-order valence-corrected chi connectivity index (χ4v) is 2.80. The summed E-state index contributed by atoms with van der Waals surface area (Å²) in [6, 6.07) is 7.35. The average molecular weight is 305 g/mol. The van der Waals surface area contributed by atoms with Crippen molar-refractivity contribution in [2.75, 3.05) is 31.1 Å². The molecule has 0 unspecified atom stereocenters. The van der Waals surface area contributed by atoms with Gasteiger partial charge in [-0.1, -0.05) is 12.1 Å². The molecule has 5 nitrogen and oxygen atoms in total. The van der Waals surface area contributed by atoms with Crippen LogP contribution in [0, 0.1) is 5.92 Å². The van der Waals surface area contributed by atoms with Gasteiger partial charge in [-0.3, -0.25) is 4.79 Å². The molecule has 1 aromatic rings. The van der Waals surface area contributed by atoms with Crippen LogP contribution in [0.15, 0.2) is 24.3 Å². The van der Waals surface area contributed by atoms with Crippen molar-refractivity contribution in [3.8, 4) is 5.75 Å². The van der Waals surface area contributed by atoms with Gasteiger partial charge in [0.25, 0.3) is 0 Å². The molecule has 1 amide bonds. The van der Waals surface area contributed by atoms with Gasteiger partial charge in [0.1, 0.15) is 5.75 Å². The Morgan fingerprint density at radius 3 is 2.48 bits per heavy atom. The number of hydrogen-bond acceptors (Lipinski definition) is 4. The number of phenols is 1. The summed E-state index contributed by atoms with van der Waals surface area (Å²) in [6.07, 6.45) is 1.96. The molecule has 1 saturated heterocycles. The zero-order chi connectivity index (χ0) is 14.8. The Labute approximate surface area is 129 Å². The highest BCUT2D eigenvalue weighted by molar-refractivity contribution is 7.80. The second-order valence-corrected chi connectivity index (χ2v) is 5.92. The lowest BCUT2D eigenvalue weighted by molar-refractivity contribution is -0.120. The molecule has 0 aromatic heterocycles. The van der Waals surface area contributed by atoms with Crippen molar-refractivity contribution in [3.05, 3.63) is 24.3 Å². The number of benzene rings is 1. The summed E-state index contributed by atoms with van der Waals surface area (Å²) in [6.45, 7) is 3.05. The predicted molar refractivity (Wildman–Crippen MR) is 85.4 cm³/mol. The second kappa shape index (κ2) is 5.89. The number of para-hydroxylation sites is 2. The lowest BCUT2D eigenvalue weighted by atomic mass is 10.2. The summed E-state index contributed by atoms with van der Waals surface area (Å²) < 4.78 is 0. The molecule has 112 valence electrons. The van der Waals surface area contributed by atoms with E-state index in [1.54, 1.807) is 6.07 Å². The van der Waals surface area contributed by atoms with Crippen LogP contribution in [0.2, 0.25) is 0 Å². The van der Waals surface area contributed by atoms with Gasteiger partial charge in [0.05, 0.1) is 5.69 Å². The summed E-state index contributed by atoms with van der Waals surface area (Å²) in [5.74, 6) is 0.532. The first-order valence-corrected chi connectivity index (χ1v) is 7.68. The molecule has 1 aromatic carbocycles. The molecule has 1 saturated carbocycles. The third kappa shape index (κ3) is 3.26. The number of anilines is 1. The number of rotatable bonds is 2. The fourth-order valence-electron chi connectivity index (χ4n) is 2.51. The Balaban J connectivity index is 1.54. The lowest BCUT2D eigenvalue weighted by Crippen LogP contribution is -2.53. The number of piperazine rings is 1. The normalized spacial score (nSPS) is 18.5. The Morgan fingerprint density at radius 1 is 1.19 bits per heavy atom. The summed E-state index contributed by atoms with van der Waals surface area (Å²) in [5, 5.41) is 13.2. The molecule has 1 aliphatic carbocycles. The van der Waals surface area contributed by atoms with Crippen LogP contribution in [-0.4, -0.2) is 47.2 Å². The first-order valence-electron chi connectivity index (χ1n) is 7.28. The molecule has 0 atom stereocenters. The van der Waals surface area contributed by atoms with Gasteiger partial charge in [0, 0.05) is 32.1 Å². The zero-order valence-electron chi connectivity index (χ0n) is 11.8. The Morgan fingerprint density at radius 2 is 1.86 bits per heavy atom. The van der Waals surface area contributed by atoms with Crippen molar-refractivity contribution in [1.29, 1.82) is 0 Å². The van der Waals surface area contributed by atoms with Crippen LogP contribution in [-0.2, 0) is 4.79 Å². The number of phenolic OH excluding ortho intramolecular Hbond substituents is 1. The van der Waals surface area contributed by atoms with Gasteiger partial charge in [-0.2, -0.15) is 0 Å². The first kappa shape index (κ1) is 14.1. The number of nitrogens with one attached hydrogen (secondary N) is 1. The van der Waals surface area contributed by atoms with Gasteiger partial charge in [-0.25, -0.2) is 0 Å². The summed E-state index contributed by atoms with van der Waals surface area (Å²) in [5.41, 5.74) is 0.852. The topological polar surface area (TPSA) is 55.8 Å². The molecule has 0 bridgehead atoms. The highest BCUT2D eigenvalue weighted by atomic mass is 32.1. The maximum atomic E-state index is 11.7. The van der Waals surface area contributed by atoms with Crippen LogP contribution in [0.5, 0.6) is 5.75 Å². The monoisotopic (exact) mass is 305 g/mol. The van der Waals surface area contributed by atoms with E-state index in [9.17, 15) is 9.90 Å². The number of aromatic hydroxyl groups is 1. The van der Waals surface area contributed by atoms with Crippen molar-refractivity contribution in [3.63, 3.8) is 0 Å². The predicted octanol–water partition coefficient (Wildman–Crippen LogP) is 1.33. The van der Waals surface area contributed by atoms with Crippen molar-refractivity contribution in [2.24, 2.45) is 5.92 Å².